The lowest BCUT2D eigenvalue weighted by molar-refractivity contribution is 0.243. The summed E-state index contributed by atoms with van der Waals surface area (Å²) in [6.45, 7) is 0. The van der Waals surface area contributed by atoms with E-state index in [9.17, 15) is 5.26 Å². The summed E-state index contributed by atoms with van der Waals surface area (Å²) in [7, 11) is 0. The maximum atomic E-state index is 9.35. The summed E-state index contributed by atoms with van der Waals surface area (Å²) in [4.78, 5) is 0. The second kappa shape index (κ2) is 5.43. The molecule has 0 aromatic heterocycles. The van der Waals surface area contributed by atoms with Crippen molar-refractivity contribution in [2.45, 2.75) is 6.10 Å². The average molecular weight is 391 g/mol. The van der Waals surface area contributed by atoms with Crippen LogP contribution in [0.1, 0.15) is 17.2 Å². The molecular weight excluding hydrogens is 382 g/mol. The standard InChI is InChI=1S/C16H9Br2NO/c17-13-3-1-10(2-4-13)16-12(9-19)7-11-8-14(18)5-6-15(11)20-16/h1-8,16H. The minimum Gasteiger partial charge on any atom is -0.480 e. The molecule has 0 N–H and O–H groups in total. The van der Waals surface area contributed by atoms with E-state index in [-0.39, 0.29) is 6.10 Å². The second-order valence-electron chi connectivity index (χ2n) is 4.44. The number of nitrogens with zero attached hydrogens (tertiary/aromatic N) is 1. The number of ether oxygens (including phenoxy) is 1. The van der Waals surface area contributed by atoms with Gasteiger partial charge in [0.1, 0.15) is 5.75 Å². The van der Waals surface area contributed by atoms with Crippen LogP contribution in [0, 0.1) is 11.3 Å². The van der Waals surface area contributed by atoms with Gasteiger partial charge in [-0.05, 0) is 42.0 Å². The Morgan fingerprint density at radius 1 is 1.00 bits per heavy atom. The lowest BCUT2D eigenvalue weighted by Crippen LogP contribution is -2.14. The molecule has 2 nitrogen and oxygen atoms in total. The predicted molar refractivity (Wildman–Crippen MR) is 85.2 cm³/mol. The van der Waals surface area contributed by atoms with Crippen molar-refractivity contribution >= 4 is 37.9 Å². The summed E-state index contributed by atoms with van der Waals surface area (Å²) in [5, 5.41) is 9.35. The molecule has 0 fully saturated rings. The molecule has 20 heavy (non-hydrogen) atoms. The molecule has 0 saturated heterocycles. The quantitative estimate of drug-likeness (QED) is 0.665. The van der Waals surface area contributed by atoms with Crippen molar-refractivity contribution in [3.8, 4) is 11.8 Å². The van der Waals surface area contributed by atoms with Crippen LogP contribution in [0.5, 0.6) is 5.75 Å². The Labute approximate surface area is 133 Å². The summed E-state index contributed by atoms with van der Waals surface area (Å²) >= 11 is 6.84. The van der Waals surface area contributed by atoms with Gasteiger partial charge in [0, 0.05) is 14.5 Å². The Bertz CT molecular complexity index is 729. The first-order valence-electron chi connectivity index (χ1n) is 6.01. The maximum Gasteiger partial charge on any atom is 0.159 e. The smallest absolute Gasteiger partial charge is 0.159 e. The van der Waals surface area contributed by atoms with Gasteiger partial charge in [-0.3, -0.25) is 0 Å². The third-order valence-electron chi connectivity index (χ3n) is 3.11. The summed E-state index contributed by atoms with van der Waals surface area (Å²) in [5.74, 6) is 0.792. The molecule has 1 aliphatic rings. The molecule has 0 aliphatic carbocycles. The minimum atomic E-state index is -0.346. The summed E-state index contributed by atoms with van der Waals surface area (Å²) in [5.41, 5.74) is 2.50. The molecule has 1 aliphatic heterocycles. The number of halogens is 2. The van der Waals surface area contributed by atoms with Crippen LogP contribution in [0.4, 0.5) is 0 Å². The van der Waals surface area contributed by atoms with Crippen molar-refractivity contribution in [2.75, 3.05) is 0 Å². The van der Waals surface area contributed by atoms with E-state index in [2.05, 4.69) is 37.9 Å². The van der Waals surface area contributed by atoms with Crippen molar-refractivity contribution in [3.63, 3.8) is 0 Å². The Morgan fingerprint density at radius 2 is 1.70 bits per heavy atom. The summed E-state index contributed by atoms with van der Waals surface area (Å²) in [6, 6.07) is 15.9. The predicted octanol–water partition coefficient (Wildman–Crippen LogP) is 5.25. The van der Waals surface area contributed by atoms with Crippen LogP contribution in [-0.2, 0) is 0 Å². The van der Waals surface area contributed by atoms with Gasteiger partial charge in [-0.1, -0.05) is 44.0 Å². The topological polar surface area (TPSA) is 33.0 Å². The van der Waals surface area contributed by atoms with Crippen molar-refractivity contribution < 1.29 is 4.74 Å². The van der Waals surface area contributed by atoms with E-state index in [1.807, 2.05) is 48.5 Å². The lowest BCUT2D eigenvalue weighted by Gasteiger charge is -2.24. The highest BCUT2D eigenvalue weighted by atomic mass is 79.9. The van der Waals surface area contributed by atoms with E-state index in [1.165, 1.54) is 0 Å². The van der Waals surface area contributed by atoms with Crippen molar-refractivity contribution in [3.05, 3.63) is 68.1 Å². The third-order valence-corrected chi connectivity index (χ3v) is 4.13. The molecule has 0 amide bonds. The number of hydrogen-bond donors (Lipinski definition) is 0. The normalized spacial score (nSPS) is 16.6. The molecule has 0 radical (unpaired) electrons. The summed E-state index contributed by atoms with van der Waals surface area (Å²) in [6.07, 6.45) is 1.54. The molecule has 0 saturated carbocycles. The number of rotatable bonds is 1. The molecule has 0 spiro atoms. The fourth-order valence-electron chi connectivity index (χ4n) is 2.15. The van der Waals surface area contributed by atoms with E-state index < -0.39 is 0 Å². The zero-order valence-corrected chi connectivity index (χ0v) is 13.5. The molecule has 2 aromatic rings. The molecule has 4 heteroatoms. The first kappa shape index (κ1) is 13.4. The van der Waals surface area contributed by atoms with Crippen LogP contribution < -0.4 is 4.74 Å². The highest BCUT2D eigenvalue weighted by Gasteiger charge is 2.24. The molecule has 2 aromatic carbocycles. The van der Waals surface area contributed by atoms with Crippen molar-refractivity contribution in [1.82, 2.24) is 0 Å². The molecule has 1 unspecified atom stereocenters. The fraction of sp³-hybridized carbons (Fsp3) is 0.0625. The number of hydrogen-bond acceptors (Lipinski definition) is 2. The third kappa shape index (κ3) is 2.52. The number of nitriles is 1. The van der Waals surface area contributed by atoms with Gasteiger partial charge in [0.25, 0.3) is 0 Å². The molecular formula is C16H9Br2NO. The molecule has 3 rings (SSSR count). The average Bonchev–Trinajstić information content (AvgIpc) is 2.46. The zero-order valence-electron chi connectivity index (χ0n) is 10.3. The number of benzene rings is 2. The minimum absolute atomic E-state index is 0.346. The maximum absolute atomic E-state index is 9.35. The summed E-state index contributed by atoms with van der Waals surface area (Å²) < 4.78 is 7.96. The molecule has 98 valence electrons. The monoisotopic (exact) mass is 389 g/mol. The molecule has 1 heterocycles. The first-order valence-corrected chi connectivity index (χ1v) is 7.59. The van der Waals surface area contributed by atoms with E-state index in [0.29, 0.717) is 5.57 Å². The van der Waals surface area contributed by atoms with E-state index >= 15 is 0 Å². The van der Waals surface area contributed by atoms with Gasteiger partial charge >= 0.3 is 0 Å². The Hall–Kier alpha value is -1.57. The largest absolute Gasteiger partial charge is 0.480 e. The van der Waals surface area contributed by atoms with Crippen molar-refractivity contribution in [2.24, 2.45) is 0 Å². The Balaban J connectivity index is 2.05. The fourth-order valence-corrected chi connectivity index (χ4v) is 2.79. The van der Waals surface area contributed by atoms with Gasteiger partial charge in [0.05, 0.1) is 11.6 Å². The van der Waals surface area contributed by atoms with E-state index in [4.69, 9.17) is 4.74 Å². The van der Waals surface area contributed by atoms with E-state index in [1.54, 1.807) is 0 Å². The lowest BCUT2D eigenvalue weighted by atomic mass is 9.97. The van der Waals surface area contributed by atoms with Gasteiger partial charge in [-0.2, -0.15) is 5.26 Å². The van der Waals surface area contributed by atoms with Gasteiger partial charge in [-0.15, -0.1) is 0 Å². The van der Waals surface area contributed by atoms with Gasteiger partial charge in [0.15, 0.2) is 6.10 Å². The van der Waals surface area contributed by atoms with Crippen molar-refractivity contribution in [1.29, 1.82) is 5.26 Å². The van der Waals surface area contributed by atoms with Gasteiger partial charge in [-0.25, -0.2) is 0 Å². The van der Waals surface area contributed by atoms with Crippen LogP contribution in [0.2, 0.25) is 0 Å². The second-order valence-corrected chi connectivity index (χ2v) is 6.27. The highest BCUT2D eigenvalue weighted by Crippen LogP contribution is 2.38. The Kier molecular flexibility index (Phi) is 3.64. The van der Waals surface area contributed by atoms with Crippen LogP contribution in [0.25, 0.3) is 6.08 Å². The van der Waals surface area contributed by atoms with Gasteiger partial charge < -0.3 is 4.74 Å². The van der Waals surface area contributed by atoms with Crippen LogP contribution in [-0.4, -0.2) is 0 Å². The Morgan fingerprint density at radius 3 is 2.40 bits per heavy atom. The van der Waals surface area contributed by atoms with Gasteiger partial charge in [0.2, 0.25) is 0 Å². The highest BCUT2D eigenvalue weighted by molar-refractivity contribution is 9.10. The number of fused-ring (bicyclic) bond motifs is 1. The molecule has 1 atom stereocenters. The van der Waals surface area contributed by atoms with Crippen LogP contribution in [0.3, 0.4) is 0 Å². The SMILES string of the molecule is N#CC1=Cc2cc(Br)ccc2OC1c1ccc(Br)cc1. The van der Waals surface area contributed by atoms with Crippen LogP contribution in [0.15, 0.2) is 57.0 Å². The van der Waals surface area contributed by atoms with E-state index in [0.717, 1.165) is 25.8 Å². The molecule has 0 bridgehead atoms. The first-order chi connectivity index (χ1) is 9.67. The van der Waals surface area contributed by atoms with Crippen LogP contribution >= 0.6 is 31.9 Å². The zero-order chi connectivity index (χ0) is 14.1.